The molecule has 3 aliphatic rings. The molecule has 2 heterocycles. The van der Waals surface area contributed by atoms with E-state index in [1.54, 1.807) is 0 Å². The zero-order valence-electron chi connectivity index (χ0n) is 15.8. The Balaban J connectivity index is 2.08. The van der Waals surface area contributed by atoms with Crippen LogP contribution >= 0.6 is 0 Å². The van der Waals surface area contributed by atoms with Crippen molar-refractivity contribution < 1.29 is 4.99 Å². The van der Waals surface area contributed by atoms with Crippen molar-refractivity contribution in [2.24, 2.45) is 5.41 Å². The van der Waals surface area contributed by atoms with Crippen molar-refractivity contribution in [1.29, 1.82) is 0 Å². The number of rotatable bonds is 0. The second-order valence-corrected chi connectivity index (χ2v) is 8.97. The van der Waals surface area contributed by atoms with Crippen LogP contribution in [-0.4, -0.2) is 16.8 Å². The van der Waals surface area contributed by atoms with Crippen LogP contribution in [0.15, 0.2) is 46.7 Å². The number of hydrogen-bond donors (Lipinski definition) is 2. The molecule has 2 nitrogen and oxygen atoms in total. The molecule has 0 saturated carbocycles. The van der Waals surface area contributed by atoms with Crippen LogP contribution in [0.3, 0.4) is 0 Å². The Morgan fingerprint density at radius 1 is 1.04 bits per heavy atom. The van der Waals surface area contributed by atoms with Crippen LogP contribution in [0.2, 0.25) is 0 Å². The predicted octanol–water partition coefficient (Wildman–Crippen LogP) is 3.19. The quantitative estimate of drug-likeness (QED) is 0.706. The SMILES string of the molecule is C=C1NC(C)(C)CC1=C1C=C(C)C2(CC(C)(C)[NH+]=C2C)C(C)=C1. The Morgan fingerprint density at radius 3 is 2.00 bits per heavy atom. The normalized spacial score (nSPS) is 32.0. The summed E-state index contributed by atoms with van der Waals surface area (Å²) in [5, 5.41) is 3.52. The highest BCUT2D eigenvalue weighted by molar-refractivity contribution is 5.91. The average molecular weight is 311 g/mol. The first-order valence-electron chi connectivity index (χ1n) is 8.67. The molecule has 3 rings (SSSR count). The molecule has 0 bridgehead atoms. The largest absolute Gasteiger partial charge is 0.380 e. The maximum atomic E-state index is 4.24. The minimum Gasteiger partial charge on any atom is -0.380 e. The van der Waals surface area contributed by atoms with Crippen LogP contribution in [-0.2, 0) is 0 Å². The molecule has 0 aromatic heterocycles. The summed E-state index contributed by atoms with van der Waals surface area (Å²) in [5.41, 5.74) is 8.42. The van der Waals surface area contributed by atoms with E-state index >= 15 is 0 Å². The molecule has 23 heavy (non-hydrogen) atoms. The van der Waals surface area contributed by atoms with E-state index < -0.39 is 0 Å². The zero-order chi connectivity index (χ0) is 17.2. The van der Waals surface area contributed by atoms with E-state index in [4.69, 9.17) is 0 Å². The fourth-order valence-corrected chi connectivity index (χ4v) is 4.92. The standard InChI is InChI=1S/C21H30N2/c1-13-9-17(18-11-19(5,6)22-15(18)3)10-14(2)21(13)12-20(7,8)23-16(21)4/h9-10,22H,3,11-12H2,1-2,4-8H3/p+1. The third kappa shape index (κ3) is 2.43. The molecule has 1 spiro atoms. The Labute approximate surface area is 141 Å². The molecule has 0 aromatic carbocycles. The van der Waals surface area contributed by atoms with E-state index in [9.17, 15) is 0 Å². The molecular formula is C21H31N2+. The monoisotopic (exact) mass is 311 g/mol. The first-order valence-corrected chi connectivity index (χ1v) is 8.67. The molecule has 2 aliphatic heterocycles. The van der Waals surface area contributed by atoms with Crippen molar-refractivity contribution in [3.8, 4) is 0 Å². The van der Waals surface area contributed by atoms with Gasteiger partial charge in [-0.05, 0) is 59.1 Å². The number of allylic oxidation sites excluding steroid dienone is 6. The summed E-state index contributed by atoms with van der Waals surface area (Å²) in [5.74, 6) is 0. The lowest BCUT2D eigenvalue weighted by molar-refractivity contribution is -0.534. The van der Waals surface area contributed by atoms with Gasteiger partial charge >= 0.3 is 0 Å². The third-order valence-corrected chi connectivity index (χ3v) is 5.78. The Morgan fingerprint density at radius 2 is 1.61 bits per heavy atom. The third-order valence-electron chi connectivity index (χ3n) is 5.78. The van der Waals surface area contributed by atoms with Gasteiger partial charge in [0.2, 0.25) is 0 Å². The van der Waals surface area contributed by atoms with Gasteiger partial charge in [0.25, 0.3) is 0 Å². The van der Waals surface area contributed by atoms with Crippen molar-refractivity contribution >= 4 is 5.71 Å². The summed E-state index contributed by atoms with van der Waals surface area (Å²) < 4.78 is 0. The molecule has 2 N–H and O–H groups in total. The van der Waals surface area contributed by atoms with Crippen molar-refractivity contribution in [2.45, 2.75) is 72.4 Å². The van der Waals surface area contributed by atoms with Gasteiger partial charge in [0.05, 0.1) is 5.41 Å². The molecule has 0 unspecified atom stereocenters. The zero-order valence-corrected chi connectivity index (χ0v) is 15.8. The van der Waals surface area contributed by atoms with Crippen LogP contribution in [0.25, 0.3) is 0 Å². The van der Waals surface area contributed by atoms with E-state index in [1.807, 2.05) is 0 Å². The van der Waals surface area contributed by atoms with Gasteiger partial charge < -0.3 is 5.32 Å². The van der Waals surface area contributed by atoms with Crippen LogP contribution in [0.4, 0.5) is 0 Å². The highest BCUT2D eigenvalue weighted by Gasteiger charge is 2.53. The highest BCUT2D eigenvalue weighted by atomic mass is 15.0. The molecule has 1 saturated heterocycles. The average Bonchev–Trinajstić information content (AvgIpc) is 2.79. The van der Waals surface area contributed by atoms with Gasteiger partial charge in [0, 0.05) is 24.6 Å². The predicted molar refractivity (Wildman–Crippen MR) is 98.3 cm³/mol. The van der Waals surface area contributed by atoms with E-state index in [1.165, 1.54) is 28.0 Å². The lowest BCUT2D eigenvalue weighted by Crippen LogP contribution is -2.81. The van der Waals surface area contributed by atoms with Gasteiger partial charge in [-0.2, -0.15) is 0 Å². The van der Waals surface area contributed by atoms with Gasteiger partial charge in [0.15, 0.2) is 11.3 Å². The molecule has 0 atom stereocenters. The van der Waals surface area contributed by atoms with Gasteiger partial charge in [-0.3, -0.25) is 0 Å². The number of hydrogen-bond acceptors (Lipinski definition) is 1. The minimum atomic E-state index is 0.0798. The second-order valence-electron chi connectivity index (χ2n) is 8.97. The fourth-order valence-electron chi connectivity index (χ4n) is 4.92. The summed E-state index contributed by atoms with van der Waals surface area (Å²) in [6.07, 6.45) is 6.95. The summed E-state index contributed by atoms with van der Waals surface area (Å²) in [6.45, 7) is 20.1. The summed E-state index contributed by atoms with van der Waals surface area (Å²) in [7, 11) is 0. The topological polar surface area (TPSA) is 26.0 Å². The minimum absolute atomic E-state index is 0.0798. The van der Waals surface area contributed by atoms with Crippen molar-refractivity contribution in [1.82, 2.24) is 5.32 Å². The lowest BCUT2D eigenvalue weighted by Gasteiger charge is -2.34. The van der Waals surface area contributed by atoms with Gasteiger partial charge in [0.1, 0.15) is 0 Å². The molecule has 0 aromatic rings. The highest BCUT2D eigenvalue weighted by Crippen LogP contribution is 2.48. The molecule has 1 fully saturated rings. The Hall–Kier alpha value is -1.57. The first-order chi connectivity index (χ1) is 10.5. The van der Waals surface area contributed by atoms with Gasteiger partial charge in [-0.25, -0.2) is 4.99 Å². The molecule has 124 valence electrons. The van der Waals surface area contributed by atoms with Crippen molar-refractivity contribution in [3.05, 3.63) is 46.7 Å². The fraction of sp³-hybridized carbons (Fsp3) is 0.571. The van der Waals surface area contributed by atoms with Crippen molar-refractivity contribution in [3.63, 3.8) is 0 Å². The molecule has 0 amide bonds. The lowest BCUT2D eigenvalue weighted by atomic mass is 9.65. The maximum absolute atomic E-state index is 4.24. The van der Waals surface area contributed by atoms with E-state index in [2.05, 4.69) is 77.5 Å². The van der Waals surface area contributed by atoms with Gasteiger partial charge in [-0.15, -0.1) is 0 Å². The molecule has 0 radical (unpaired) electrons. The summed E-state index contributed by atoms with van der Waals surface area (Å²) in [4.78, 5) is 3.71. The smallest absolute Gasteiger partial charge is 0.162 e. The van der Waals surface area contributed by atoms with Crippen LogP contribution in [0.5, 0.6) is 0 Å². The number of nitrogens with one attached hydrogen (secondary N) is 2. The van der Waals surface area contributed by atoms with Gasteiger partial charge in [-0.1, -0.05) is 29.9 Å². The molecular weight excluding hydrogens is 280 g/mol. The summed E-state index contributed by atoms with van der Waals surface area (Å²) >= 11 is 0. The van der Waals surface area contributed by atoms with Crippen LogP contribution in [0.1, 0.15) is 61.3 Å². The molecule has 2 heteroatoms. The second kappa shape index (κ2) is 4.72. The summed E-state index contributed by atoms with van der Waals surface area (Å²) in [6, 6.07) is 0. The Bertz CT molecular complexity index is 686. The molecule has 1 aliphatic carbocycles. The first kappa shape index (κ1) is 16.3. The van der Waals surface area contributed by atoms with Crippen LogP contribution in [0, 0.1) is 5.41 Å². The van der Waals surface area contributed by atoms with E-state index in [0.29, 0.717) is 0 Å². The van der Waals surface area contributed by atoms with E-state index in [-0.39, 0.29) is 16.5 Å². The Kier molecular flexibility index (Phi) is 3.34. The van der Waals surface area contributed by atoms with Crippen LogP contribution < -0.4 is 10.3 Å². The van der Waals surface area contributed by atoms with E-state index in [0.717, 1.165) is 18.5 Å². The maximum Gasteiger partial charge on any atom is 0.162 e. The van der Waals surface area contributed by atoms with Crippen molar-refractivity contribution in [2.75, 3.05) is 0 Å².